The van der Waals surface area contributed by atoms with Crippen molar-refractivity contribution in [3.63, 3.8) is 0 Å². The van der Waals surface area contributed by atoms with Crippen LogP contribution >= 0.6 is 11.6 Å². The first-order valence-electron chi connectivity index (χ1n) is 11.3. The Labute approximate surface area is 209 Å². The Kier molecular flexibility index (Phi) is 6.80. The number of carbonyl (C=O) groups is 3. The molecule has 2 aromatic carbocycles. The van der Waals surface area contributed by atoms with Crippen LogP contribution in [-0.4, -0.2) is 28.6 Å². The van der Waals surface area contributed by atoms with Gasteiger partial charge in [-0.15, -0.1) is 11.6 Å². The van der Waals surface area contributed by atoms with Gasteiger partial charge in [0.15, 0.2) is 0 Å². The van der Waals surface area contributed by atoms with Crippen molar-refractivity contribution in [3.05, 3.63) is 81.7 Å². The summed E-state index contributed by atoms with van der Waals surface area (Å²) in [5.41, 5.74) is 7.19. The lowest BCUT2D eigenvalue weighted by Gasteiger charge is -2.15. The Hall–Kier alpha value is -3.84. The molecule has 1 aliphatic heterocycles. The maximum absolute atomic E-state index is 13.0. The number of halogens is 1. The fraction of sp³-hybridized carbons (Fsp3) is 0.222. The number of carbonyl (C=O) groups excluding carboxylic acids is 3. The first-order valence-corrected chi connectivity index (χ1v) is 11.8. The quantitative estimate of drug-likeness (QED) is 0.285. The minimum atomic E-state index is -0.310. The van der Waals surface area contributed by atoms with Crippen LogP contribution in [0.25, 0.3) is 11.6 Å². The molecule has 0 saturated carbocycles. The van der Waals surface area contributed by atoms with Crippen molar-refractivity contribution in [2.45, 2.75) is 33.7 Å². The molecular formula is C27H27ClN4O3. The number of alkyl halides is 1. The average molecular weight is 491 g/mol. The lowest BCUT2D eigenvalue weighted by molar-refractivity contribution is -0.114. The number of hydrogen-bond donors (Lipinski definition) is 4. The van der Waals surface area contributed by atoms with Gasteiger partial charge in [-0.25, -0.2) is 0 Å². The van der Waals surface area contributed by atoms with Gasteiger partial charge in [-0.2, -0.15) is 0 Å². The molecule has 0 unspecified atom stereocenters. The molecule has 3 amide bonds. The number of aromatic nitrogens is 1. The van der Waals surface area contributed by atoms with Crippen LogP contribution in [0.15, 0.2) is 42.5 Å². The summed E-state index contributed by atoms with van der Waals surface area (Å²) in [5.74, 6) is -0.943. The largest absolute Gasteiger partial charge is 0.357 e. The number of rotatable bonds is 6. The zero-order chi connectivity index (χ0) is 25.3. The Morgan fingerprint density at radius 3 is 2.60 bits per heavy atom. The zero-order valence-corrected chi connectivity index (χ0v) is 20.8. The van der Waals surface area contributed by atoms with Crippen molar-refractivity contribution < 1.29 is 14.4 Å². The van der Waals surface area contributed by atoms with Gasteiger partial charge in [-0.05, 0) is 63.1 Å². The molecule has 0 bridgehead atoms. The highest BCUT2D eigenvalue weighted by atomic mass is 35.5. The third-order valence-corrected chi connectivity index (χ3v) is 6.35. The van der Waals surface area contributed by atoms with Crippen LogP contribution in [0.1, 0.15) is 57.0 Å². The van der Waals surface area contributed by atoms with Gasteiger partial charge in [0.05, 0.1) is 17.3 Å². The third-order valence-electron chi connectivity index (χ3n) is 6.11. The van der Waals surface area contributed by atoms with E-state index in [-0.39, 0.29) is 29.6 Å². The summed E-state index contributed by atoms with van der Waals surface area (Å²) >= 11 is 5.62. The van der Waals surface area contributed by atoms with Gasteiger partial charge in [-0.1, -0.05) is 29.8 Å². The third kappa shape index (κ3) is 5.00. The lowest BCUT2D eigenvalue weighted by atomic mass is 10.0. The molecule has 7 nitrogen and oxygen atoms in total. The summed E-state index contributed by atoms with van der Waals surface area (Å²) in [6, 6.07) is 13.0. The van der Waals surface area contributed by atoms with E-state index in [0.717, 1.165) is 22.4 Å². The van der Waals surface area contributed by atoms with E-state index < -0.39 is 0 Å². The van der Waals surface area contributed by atoms with Crippen molar-refractivity contribution in [2.75, 3.05) is 16.5 Å². The molecule has 1 aliphatic rings. The summed E-state index contributed by atoms with van der Waals surface area (Å²) < 4.78 is 0. The van der Waals surface area contributed by atoms with Gasteiger partial charge in [0.25, 0.3) is 11.8 Å². The Morgan fingerprint density at radius 2 is 1.89 bits per heavy atom. The fourth-order valence-corrected chi connectivity index (χ4v) is 4.27. The van der Waals surface area contributed by atoms with Crippen molar-refractivity contribution in [3.8, 4) is 0 Å². The van der Waals surface area contributed by atoms with E-state index in [9.17, 15) is 14.4 Å². The van der Waals surface area contributed by atoms with Crippen molar-refractivity contribution in [1.82, 2.24) is 10.3 Å². The molecule has 0 aliphatic carbocycles. The van der Waals surface area contributed by atoms with Crippen LogP contribution in [-0.2, 0) is 9.59 Å². The SMILES string of the molecule is Cc1cccc([C@@H](C)NC(=O)c2ccc3c(c2)/C(=C/c2[nH]c(C)c(NC(=O)CCl)c2C)C(=O)N3)c1. The molecule has 0 saturated heterocycles. The van der Waals surface area contributed by atoms with Crippen molar-refractivity contribution >= 4 is 52.3 Å². The van der Waals surface area contributed by atoms with Crippen LogP contribution in [0.3, 0.4) is 0 Å². The molecule has 1 atom stereocenters. The topological polar surface area (TPSA) is 103 Å². The molecule has 1 aromatic heterocycles. The molecule has 35 heavy (non-hydrogen) atoms. The van der Waals surface area contributed by atoms with Gasteiger partial charge in [0, 0.05) is 28.2 Å². The normalized spacial score (nSPS) is 14.4. The molecule has 8 heteroatoms. The lowest BCUT2D eigenvalue weighted by Crippen LogP contribution is -2.26. The predicted octanol–water partition coefficient (Wildman–Crippen LogP) is 5.10. The molecule has 2 heterocycles. The number of anilines is 2. The molecule has 3 aromatic rings. The van der Waals surface area contributed by atoms with E-state index in [2.05, 4.69) is 20.9 Å². The van der Waals surface area contributed by atoms with Crippen LogP contribution < -0.4 is 16.0 Å². The first-order chi connectivity index (χ1) is 16.7. The molecule has 0 radical (unpaired) electrons. The second kappa shape index (κ2) is 9.80. The zero-order valence-electron chi connectivity index (χ0n) is 20.0. The maximum Gasteiger partial charge on any atom is 0.256 e. The number of fused-ring (bicyclic) bond motifs is 1. The fourth-order valence-electron chi connectivity index (χ4n) is 4.20. The first kappa shape index (κ1) is 24.3. The van der Waals surface area contributed by atoms with Crippen LogP contribution in [0, 0.1) is 20.8 Å². The number of amides is 3. The summed E-state index contributed by atoms with van der Waals surface area (Å²) in [5, 5.41) is 8.66. The highest BCUT2D eigenvalue weighted by Crippen LogP contribution is 2.35. The number of H-pyrrole nitrogens is 1. The van der Waals surface area contributed by atoms with E-state index in [1.165, 1.54) is 0 Å². The number of hydrogen-bond acceptors (Lipinski definition) is 3. The Morgan fingerprint density at radius 1 is 1.11 bits per heavy atom. The number of benzene rings is 2. The smallest absolute Gasteiger partial charge is 0.256 e. The average Bonchev–Trinajstić information content (AvgIpc) is 3.28. The molecular weight excluding hydrogens is 464 g/mol. The Bertz CT molecular complexity index is 1370. The van der Waals surface area contributed by atoms with E-state index >= 15 is 0 Å². The van der Waals surface area contributed by atoms with Crippen LogP contribution in [0.2, 0.25) is 0 Å². The summed E-state index contributed by atoms with van der Waals surface area (Å²) in [7, 11) is 0. The van der Waals surface area contributed by atoms with Gasteiger partial charge in [0.2, 0.25) is 5.91 Å². The van der Waals surface area contributed by atoms with E-state index in [4.69, 9.17) is 11.6 Å². The highest BCUT2D eigenvalue weighted by Gasteiger charge is 2.26. The van der Waals surface area contributed by atoms with Crippen LogP contribution in [0.4, 0.5) is 11.4 Å². The second-order valence-electron chi connectivity index (χ2n) is 8.73. The number of aryl methyl sites for hydroxylation is 2. The predicted molar refractivity (Wildman–Crippen MR) is 140 cm³/mol. The highest BCUT2D eigenvalue weighted by molar-refractivity contribution is 6.35. The molecule has 0 spiro atoms. The van der Waals surface area contributed by atoms with E-state index in [1.807, 2.05) is 52.0 Å². The van der Waals surface area contributed by atoms with Crippen molar-refractivity contribution in [1.29, 1.82) is 0 Å². The van der Waals surface area contributed by atoms with Crippen molar-refractivity contribution in [2.24, 2.45) is 0 Å². The van der Waals surface area contributed by atoms with Crippen LogP contribution in [0.5, 0.6) is 0 Å². The summed E-state index contributed by atoms with van der Waals surface area (Å²) in [6.07, 6.45) is 1.73. The van der Waals surface area contributed by atoms with Gasteiger partial charge in [-0.3, -0.25) is 14.4 Å². The molecule has 4 rings (SSSR count). The second-order valence-corrected chi connectivity index (χ2v) is 8.99. The summed E-state index contributed by atoms with van der Waals surface area (Å²) in [4.78, 5) is 40.7. The van der Waals surface area contributed by atoms with E-state index in [0.29, 0.717) is 33.8 Å². The van der Waals surface area contributed by atoms with Gasteiger partial charge in [0.1, 0.15) is 5.88 Å². The maximum atomic E-state index is 13.0. The van der Waals surface area contributed by atoms with Gasteiger partial charge >= 0.3 is 0 Å². The monoisotopic (exact) mass is 490 g/mol. The molecule has 4 N–H and O–H groups in total. The van der Waals surface area contributed by atoms with E-state index in [1.54, 1.807) is 24.3 Å². The Balaban J connectivity index is 1.62. The number of nitrogens with one attached hydrogen (secondary N) is 4. The minimum Gasteiger partial charge on any atom is -0.357 e. The molecule has 0 fully saturated rings. The minimum absolute atomic E-state index is 0.149. The van der Waals surface area contributed by atoms with Gasteiger partial charge < -0.3 is 20.9 Å². The number of aromatic amines is 1. The summed E-state index contributed by atoms with van der Waals surface area (Å²) in [6.45, 7) is 7.63. The molecule has 180 valence electrons. The standard InChI is InChI=1S/C27H27ClN4O3/c1-14-6-5-7-18(10-14)16(3)30-26(34)19-8-9-22-20(11-19)21(27(35)31-22)12-23-15(2)25(17(4)29-23)32-24(33)13-28/h5-12,16,29H,13H2,1-4H3,(H,30,34)(H,31,35)(H,32,33)/b21-12-/t16-/m1/s1.